The fourth-order valence-corrected chi connectivity index (χ4v) is 5.71. The number of thioether (sulfide) groups is 1. The lowest BCUT2D eigenvalue weighted by Crippen LogP contribution is -2.12. The second kappa shape index (κ2) is 12.0. The van der Waals surface area contributed by atoms with Crippen LogP contribution in [0.1, 0.15) is 27.8 Å². The van der Waals surface area contributed by atoms with Crippen molar-refractivity contribution in [1.82, 2.24) is 14.8 Å². The quantitative estimate of drug-likeness (QED) is 0.109. The molecule has 4 aromatic rings. The smallest absolute Gasteiger partial charge is 0.220 e. The maximum atomic E-state index is 11.6. The molecule has 0 saturated heterocycles. The highest BCUT2D eigenvalue weighted by atomic mass is 79.9. The molecule has 0 saturated carbocycles. The van der Waals surface area contributed by atoms with E-state index in [2.05, 4.69) is 26.1 Å². The Labute approximate surface area is 232 Å². The Morgan fingerprint density at radius 2 is 1.92 bits per heavy atom. The Bertz CT molecular complexity index is 1430. The van der Waals surface area contributed by atoms with Crippen LogP contribution in [-0.4, -0.2) is 33.3 Å². The van der Waals surface area contributed by atoms with E-state index in [4.69, 9.17) is 21.1 Å². The predicted molar refractivity (Wildman–Crippen MR) is 148 cm³/mol. The van der Waals surface area contributed by atoms with Crippen LogP contribution in [0.3, 0.4) is 0 Å². The summed E-state index contributed by atoms with van der Waals surface area (Å²) in [4.78, 5) is 11.3. The van der Waals surface area contributed by atoms with Crippen LogP contribution >= 0.6 is 39.3 Å². The average Bonchev–Trinajstić information content (AvgIpc) is 3.22. The molecule has 37 heavy (non-hydrogen) atoms. The first-order valence-corrected chi connectivity index (χ1v) is 13.3. The zero-order valence-corrected chi connectivity index (χ0v) is 23.5. The van der Waals surface area contributed by atoms with Crippen molar-refractivity contribution in [2.45, 2.75) is 30.9 Å². The number of rotatable bonds is 10. The Balaban J connectivity index is 1.66. The summed E-state index contributed by atoms with van der Waals surface area (Å²) >= 11 is 11.1. The zero-order valence-electron chi connectivity index (χ0n) is 20.4. The van der Waals surface area contributed by atoms with E-state index in [1.165, 1.54) is 18.9 Å². The van der Waals surface area contributed by atoms with Gasteiger partial charge in [-0.1, -0.05) is 53.7 Å². The molecule has 0 fully saturated rings. The van der Waals surface area contributed by atoms with Gasteiger partial charge in [-0.25, -0.2) is 0 Å². The van der Waals surface area contributed by atoms with Crippen LogP contribution in [0.4, 0.5) is 0 Å². The summed E-state index contributed by atoms with van der Waals surface area (Å²) in [6, 6.07) is 18.9. The van der Waals surface area contributed by atoms with Gasteiger partial charge >= 0.3 is 0 Å². The van der Waals surface area contributed by atoms with Crippen molar-refractivity contribution in [2.24, 2.45) is 0 Å². The molecule has 0 spiro atoms. The van der Waals surface area contributed by atoms with Crippen molar-refractivity contribution >= 4 is 39.3 Å². The molecule has 1 aromatic heterocycles. The largest absolute Gasteiger partial charge is 0.493 e. The van der Waals surface area contributed by atoms with E-state index in [1.54, 1.807) is 12.1 Å². The third kappa shape index (κ3) is 6.44. The molecule has 1 heterocycles. The standard InChI is InChI=1S/C26H24BrClN4O4S/c1-16-7-6-9-20(11-16)32-17(2)29-30-26(32)37-24(14-31(33)34)19-12-21(27)25(23(13-19)35-3)36-15-18-8-4-5-10-22(18)28/h4-13,24H,14-15H2,1-3H3/t24-/m0/s1. The maximum absolute atomic E-state index is 11.6. The molecule has 4 rings (SSSR count). The van der Waals surface area contributed by atoms with Gasteiger partial charge in [0.1, 0.15) is 17.7 Å². The van der Waals surface area contributed by atoms with Gasteiger partial charge < -0.3 is 9.47 Å². The normalized spacial score (nSPS) is 11.8. The highest BCUT2D eigenvalue weighted by Gasteiger charge is 2.26. The number of hydrogen-bond acceptors (Lipinski definition) is 7. The first-order valence-electron chi connectivity index (χ1n) is 11.3. The predicted octanol–water partition coefficient (Wildman–Crippen LogP) is 7.00. The number of aryl methyl sites for hydroxylation is 2. The Hall–Kier alpha value is -3.08. The van der Waals surface area contributed by atoms with Gasteiger partial charge in [-0.3, -0.25) is 14.7 Å². The van der Waals surface area contributed by atoms with E-state index < -0.39 is 5.25 Å². The van der Waals surface area contributed by atoms with Crippen molar-refractivity contribution in [3.05, 3.63) is 103 Å². The Kier molecular flexibility index (Phi) is 8.73. The van der Waals surface area contributed by atoms with Crippen LogP contribution in [0.5, 0.6) is 11.5 Å². The summed E-state index contributed by atoms with van der Waals surface area (Å²) < 4.78 is 14.1. The topological polar surface area (TPSA) is 92.3 Å². The molecular weight excluding hydrogens is 580 g/mol. The molecule has 0 aliphatic rings. The summed E-state index contributed by atoms with van der Waals surface area (Å²) in [6.07, 6.45) is 0. The van der Waals surface area contributed by atoms with E-state index in [0.29, 0.717) is 37.5 Å². The Morgan fingerprint density at radius 1 is 1.14 bits per heavy atom. The molecule has 192 valence electrons. The number of aromatic nitrogens is 3. The van der Waals surface area contributed by atoms with Gasteiger partial charge in [-0.05, 0) is 71.2 Å². The maximum Gasteiger partial charge on any atom is 0.220 e. The van der Waals surface area contributed by atoms with Gasteiger partial charge in [0, 0.05) is 21.2 Å². The second-order valence-corrected chi connectivity index (χ2v) is 10.7. The molecule has 0 bridgehead atoms. The minimum absolute atomic E-state index is 0.236. The number of ether oxygens (including phenoxy) is 2. The SMILES string of the molecule is COc1cc([C@H](C[N+](=O)[O-])Sc2nnc(C)n2-c2cccc(C)c2)cc(Br)c1OCc1ccccc1Cl. The Morgan fingerprint density at radius 3 is 2.62 bits per heavy atom. The van der Waals surface area contributed by atoms with E-state index in [0.717, 1.165) is 16.8 Å². The molecule has 0 N–H and O–H groups in total. The first kappa shape index (κ1) is 27.0. The summed E-state index contributed by atoms with van der Waals surface area (Å²) in [5, 5.41) is 20.8. The fourth-order valence-electron chi connectivity index (χ4n) is 3.79. The molecular formula is C26H24BrClN4O4S. The summed E-state index contributed by atoms with van der Waals surface area (Å²) in [6.45, 7) is 3.77. The third-order valence-corrected chi connectivity index (χ3v) is 7.71. The van der Waals surface area contributed by atoms with Crippen LogP contribution in [-0.2, 0) is 6.61 Å². The highest BCUT2D eigenvalue weighted by Crippen LogP contribution is 2.43. The molecule has 0 unspecified atom stereocenters. The zero-order chi connectivity index (χ0) is 26.5. The number of benzene rings is 3. The lowest BCUT2D eigenvalue weighted by Gasteiger charge is -2.18. The lowest BCUT2D eigenvalue weighted by atomic mass is 10.1. The van der Waals surface area contributed by atoms with Gasteiger partial charge in [-0.2, -0.15) is 0 Å². The van der Waals surface area contributed by atoms with Gasteiger partial charge in [-0.15, -0.1) is 10.2 Å². The van der Waals surface area contributed by atoms with Crippen molar-refractivity contribution in [3.8, 4) is 17.2 Å². The summed E-state index contributed by atoms with van der Waals surface area (Å²) in [5.41, 5.74) is 3.50. The summed E-state index contributed by atoms with van der Waals surface area (Å²) in [5.74, 6) is 1.62. The minimum Gasteiger partial charge on any atom is -0.493 e. The molecule has 0 radical (unpaired) electrons. The van der Waals surface area contributed by atoms with Crippen LogP contribution in [0.15, 0.2) is 70.3 Å². The molecule has 1 atom stereocenters. The number of nitro groups is 1. The summed E-state index contributed by atoms with van der Waals surface area (Å²) in [7, 11) is 1.53. The lowest BCUT2D eigenvalue weighted by molar-refractivity contribution is -0.479. The average molecular weight is 604 g/mol. The highest BCUT2D eigenvalue weighted by molar-refractivity contribution is 9.10. The number of methoxy groups -OCH3 is 1. The second-order valence-electron chi connectivity index (χ2n) is 8.24. The molecule has 0 aliphatic heterocycles. The minimum atomic E-state index is -0.565. The van der Waals surface area contributed by atoms with Crippen LogP contribution in [0.25, 0.3) is 5.69 Å². The monoisotopic (exact) mass is 602 g/mol. The van der Waals surface area contributed by atoms with Gasteiger partial charge in [0.25, 0.3) is 0 Å². The van der Waals surface area contributed by atoms with Crippen LogP contribution in [0.2, 0.25) is 5.02 Å². The number of hydrogen-bond donors (Lipinski definition) is 0. The molecule has 0 amide bonds. The van der Waals surface area contributed by atoms with E-state index in [9.17, 15) is 10.1 Å². The first-order chi connectivity index (χ1) is 17.8. The number of nitrogens with zero attached hydrogens (tertiary/aromatic N) is 4. The van der Waals surface area contributed by atoms with Gasteiger partial charge in [0.05, 0.1) is 11.6 Å². The molecule has 0 aliphatic carbocycles. The van der Waals surface area contributed by atoms with E-state index in [-0.39, 0.29) is 18.1 Å². The van der Waals surface area contributed by atoms with Crippen LogP contribution < -0.4 is 9.47 Å². The van der Waals surface area contributed by atoms with Gasteiger partial charge in [0.2, 0.25) is 6.54 Å². The third-order valence-electron chi connectivity index (χ3n) is 5.57. The van der Waals surface area contributed by atoms with Crippen molar-refractivity contribution in [3.63, 3.8) is 0 Å². The molecule has 11 heteroatoms. The van der Waals surface area contributed by atoms with Crippen LogP contribution in [0, 0.1) is 24.0 Å². The van der Waals surface area contributed by atoms with E-state index >= 15 is 0 Å². The van der Waals surface area contributed by atoms with Gasteiger partial charge in [0.15, 0.2) is 16.7 Å². The van der Waals surface area contributed by atoms with Crippen molar-refractivity contribution < 1.29 is 14.4 Å². The fraction of sp³-hybridized carbons (Fsp3) is 0.231. The number of halogens is 2. The van der Waals surface area contributed by atoms with Crippen molar-refractivity contribution in [2.75, 3.05) is 13.7 Å². The van der Waals surface area contributed by atoms with Crippen molar-refractivity contribution in [1.29, 1.82) is 0 Å². The molecule has 3 aromatic carbocycles. The van der Waals surface area contributed by atoms with E-state index in [1.807, 2.05) is 66.9 Å². The molecule has 8 nitrogen and oxygen atoms in total.